The summed E-state index contributed by atoms with van der Waals surface area (Å²) >= 11 is 10.2. The molecule has 4 aromatic rings. The van der Waals surface area contributed by atoms with E-state index in [0.29, 0.717) is 32.9 Å². The first-order chi connectivity index (χ1) is 18.0. The molecule has 8 nitrogen and oxygen atoms in total. The largest absolute Gasteiger partial charge is 0.465 e. The molecule has 0 bridgehead atoms. The molecule has 0 spiro atoms. The molecule has 5 rings (SSSR count). The Kier molecular flexibility index (Phi) is 8.26. The molecule has 0 radical (unpaired) electrons. The predicted molar refractivity (Wildman–Crippen MR) is 148 cm³/mol. The number of hydrogen-bond donors (Lipinski definition) is 1. The second-order valence-electron chi connectivity index (χ2n) is 8.22. The van der Waals surface area contributed by atoms with Crippen LogP contribution in [-0.2, 0) is 20.8 Å². The van der Waals surface area contributed by atoms with Crippen molar-refractivity contribution in [2.75, 3.05) is 24.8 Å². The Morgan fingerprint density at radius 3 is 2.78 bits per heavy atom. The first kappa shape index (κ1) is 25.9. The number of carbonyl (C=O) groups excluding carboxylic acids is 2. The van der Waals surface area contributed by atoms with Crippen molar-refractivity contribution in [2.45, 2.75) is 30.6 Å². The van der Waals surface area contributed by atoms with Crippen LogP contribution < -0.4 is 5.32 Å². The summed E-state index contributed by atoms with van der Waals surface area (Å²) in [4.78, 5) is 26.6. The molecule has 1 atom stereocenters. The summed E-state index contributed by atoms with van der Waals surface area (Å²) in [5, 5.41) is 17.1. The Labute approximate surface area is 231 Å². The Morgan fingerprint density at radius 1 is 1.24 bits per heavy atom. The minimum Gasteiger partial charge on any atom is -0.465 e. The number of ether oxygens (including phenoxy) is 2. The lowest BCUT2D eigenvalue weighted by Crippen LogP contribution is -2.18. The standard InChI is InChI=1S/C25H23ClN4O4S3/c1-33-24(32)21-18(15-6-8-16(26)9-7-15)13-36-23(21)27-20(31)14-37-25-29-28-22(19-5-3-11-35-19)30(25)12-17-4-2-10-34-17/h3,5-9,11,13,17H,2,4,10,12,14H2,1H3,(H,27,31). The van der Waals surface area contributed by atoms with E-state index >= 15 is 0 Å². The van der Waals surface area contributed by atoms with Crippen molar-refractivity contribution in [1.29, 1.82) is 0 Å². The number of rotatable bonds is 9. The number of thiophene rings is 2. The number of nitrogens with one attached hydrogen (secondary N) is 1. The molecule has 0 aliphatic carbocycles. The zero-order valence-electron chi connectivity index (χ0n) is 19.8. The summed E-state index contributed by atoms with van der Waals surface area (Å²) in [6, 6.07) is 11.1. The number of halogens is 1. The highest BCUT2D eigenvalue weighted by Crippen LogP contribution is 2.37. The second-order valence-corrected chi connectivity index (χ2v) is 11.4. The van der Waals surface area contributed by atoms with Gasteiger partial charge in [-0.25, -0.2) is 4.79 Å². The van der Waals surface area contributed by atoms with Crippen molar-refractivity contribution in [3.05, 3.63) is 57.7 Å². The number of hydrogen-bond acceptors (Lipinski definition) is 9. The van der Waals surface area contributed by atoms with Gasteiger partial charge < -0.3 is 14.8 Å². The van der Waals surface area contributed by atoms with E-state index in [9.17, 15) is 9.59 Å². The van der Waals surface area contributed by atoms with Crippen LogP contribution in [0.15, 0.2) is 52.3 Å². The van der Waals surface area contributed by atoms with Crippen LogP contribution in [0, 0.1) is 0 Å². The number of benzene rings is 1. The first-order valence-corrected chi connectivity index (χ1v) is 14.6. The molecule has 192 valence electrons. The summed E-state index contributed by atoms with van der Waals surface area (Å²) in [6.45, 7) is 1.39. The lowest BCUT2D eigenvalue weighted by atomic mass is 10.0. The van der Waals surface area contributed by atoms with E-state index in [0.717, 1.165) is 35.7 Å². The van der Waals surface area contributed by atoms with Gasteiger partial charge in [-0.15, -0.1) is 32.9 Å². The number of aromatic nitrogens is 3. The number of esters is 1. The van der Waals surface area contributed by atoms with Gasteiger partial charge in [-0.2, -0.15) is 0 Å². The molecule has 0 saturated carbocycles. The smallest absolute Gasteiger partial charge is 0.341 e. The zero-order chi connectivity index (χ0) is 25.8. The molecule has 1 aliphatic rings. The highest BCUT2D eigenvalue weighted by molar-refractivity contribution is 7.99. The van der Waals surface area contributed by atoms with Gasteiger partial charge in [0.05, 0.1) is 30.4 Å². The molecule has 1 aromatic carbocycles. The lowest BCUT2D eigenvalue weighted by molar-refractivity contribution is -0.113. The van der Waals surface area contributed by atoms with Crippen molar-refractivity contribution < 1.29 is 19.1 Å². The Morgan fingerprint density at radius 2 is 2.08 bits per heavy atom. The molecule has 1 aliphatic heterocycles. The van der Waals surface area contributed by atoms with Crippen LogP contribution >= 0.6 is 46.0 Å². The molecule has 37 heavy (non-hydrogen) atoms. The van der Waals surface area contributed by atoms with E-state index in [4.69, 9.17) is 21.1 Å². The summed E-state index contributed by atoms with van der Waals surface area (Å²) < 4.78 is 12.9. The lowest BCUT2D eigenvalue weighted by Gasteiger charge is -2.14. The van der Waals surface area contributed by atoms with E-state index in [-0.39, 0.29) is 17.8 Å². The maximum atomic E-state index is 13.0. The highest BCUT2D eigenvalue weighted by atomic mass is 35.5. The molecule has 1 fully saturated rings. The minimum absolute atomic E-state index is 0.0999. The van der Waals surface area contributed by atoms with Crippen LogP contribution in [0.2, 0.25) is 5.02 Å². The summed E-state index contributed by atoms with van der Waals surface area (Å²) in [5.74, 6) is 0.0883. The number of anilines is 1. The second kappa shape index (κ2) is 11.8. The Hall–Kier alpha value is -2.70. The average Bonchev–Trinajstić information content (AvgIpc) is 3.71. The molecule has 1 saturated heterocycles. The number of amides is 1. The van der Waals surface area contributed by atoms with Gasteiger partial charge >= 0.3 is 5.97 Å². The quantitative estimate of drug-likeness (QED) is 0.191. The Bertz CT molecular complexity index is 1380. The molecule has 4 heterocycles. The summed E-state index contributed by atoms with van der Waals surface area (Å²) in [6.07, 6.45) is 2.12. The van der Waals surface area contributed by atoms with E-state index in [1.807, 2.05) is 39.6 Å². The van der Waals surface area contributed by atoms with E-state index in [1.54, 1.807) is 23.5 Å². The fourth-order valence-electron chi connectivity index (χ4n) is 4.03. The van der Waals surface area contributed by atoms with Crippen LogP contribution in [-0.4, -0.2) is 52.2 Å². The van der Waals surface area contributed by atoms with Gasteiger partial charge in [0.25, 0.3) is 0 Å². The Balaban J connectivity index is 1.32. The van der Waals surface area contributed by atoms with Gasteiger partial charge in [0.15, 0.2) is 11.0 Å². The van der Waals surface area contributed by atoms with Crippen LogP contribution in [0.3, 0.4) is 0 Å². The van der Waals surface area contributed by atoms with Gasteiger partial charge in [0.1, 0.15) is 10.6 Å². The molecular weight excluding hydrogens is 552 g/mol. The van der Waals surface area contributed by atoms with Crippen LogP contribution in [0.5, 0.6) is 0 Å². The average molecular weight is 575 g/mol. The topological polar surface area (TPSA) is 95.3 Å². The van der Waals surface area contributed by atoms with Crippen LogP contribution in [0.25, 0.3) is 21.8 Å². The van der Waals surface area contributed by atoms with Crippen LogP contribution in [0.1, 0.15) is 23.2 Å². The number of nitrogens with zero attached hydrogens (tertiary/aromatic N) is 3. The van der Waals surface area contributed by atoms with Gasteiger partial charge in [-0.05, 0) is 42.0 Å². The third-order valence-corrected chi connectivity index (χ3v) is 8.77. The monoisotopic (exact) mass is 574 g/mol. The number of carbonyl (C=O) groups is 2. The fourth-order valence-corrected chi connectivity index (χ4v) is 6.59. The van der Waals surface area contributed by atoms with Crippen molar-refractivity contribution >= 4 is 62.9 Å². The van der Waals surface area contributed by atoms with E-state index in [2.05, 4.69) is 15.5 Å². The fraction of sp³-hybridized carbons (Fsp3) is 0.280. The molecule has 1 N–H and O–H groups in total. The minimum atomic E-state index is -0.522. The third-order valence-electron chi connectivity index (χ3n) is 5.79. The van der Waals surface area contributed by atoms with Crippen molar-refractivity contribution in [3.63, 3.8) is 0 Å². The van der Waals surface area contributed by atoms with Crippen LogP contribution in [0.4, 0.5) is 5.00 Å². The predicted octanol–water partition coefficient (Wildman–Crippen LogP) is 6.08. The maximum Gasteiger partial charge on any atom is 0.341 e. The van der Waals surface area contributed by atoms with Crippen molar-refractivity contribution in [1.82, 2.24) is 14.8 Å². The number of methoxy groups -OCH3 is 1. The molecule has 3 aromatic heterocycles. The molecule has 1 amide bonds. The third kappa shape index (κ3) is 5.91. The molecular formula is C25H23ClN4O4S3. The first-order valence-electron chi connectivity index (χ1n) is 11.5. The van der Waals surface area contributed by atoms with Gasteiger partial charge in [0, 0.05) is 22.6 Å². The summed E-state index contributed by atoms with van der Waals surface area (Å²) in [5.41, 5.74) is 1.79. The van der Waals surface area contributed by atoms with Gasteiger partial charge in [-0.1, -0.05) is 41.6 Å². The normalized spacial score (nSPS) is 15.1. The maximum absolute atomic E-state index is 13.0. The van der Waals surface area contributed by atoms with E-state index in [1.165, 1.54) is 30.2 Å². The van der Waals surface area contributed by atoms with Gasteiger partial charge in [0.2, 0.25) is 5.91 Å². The van der Waals surface area contributed by atoms with Crippen molar-refractivity contribution in [3.8, 4) is 21.8 Å². The molecule has 12 heteroatoms. The van der Waals surface area contributed by atoms with E-state index < -0.39 is 5.97 Å². The highest BCUT2D eigenvalue weighted by Gasteiger charge is 2.25. The SMILES string of the molecule is COC(=O)c1c(-c2ccc(Cl)cc2)csc1NC(=O)CSc1nnc(-c2cccs2)n1CC1CCCO1. The number of thioether (sulfide) groups is 1. The van der Waals surface area contributed by atoms with Crippen molar-refractivity contribution in [2.24, 2.45) is 0 Å². The zero-order valence-corrected chi connectivity index (χ0v) is 23.0. The summed E-state index contributed by atoms with van der Waals surface area (Å²) in [7, 11) is 1.32. The van der Waals surface area contributed by atoms with Gasteiger partial charge in [-0.3, -0.25) is 9.36 Å². The molecule has 1 unspecified atom stereocenters.